The van der Waals surface area contributed by atoms with Crippen LogP contribution in [0.25, 0.3) is 0 Å². The second-order valence-electron chi connectivity index (χ2n) is 5.29. The van der Waals surface area contributed by atoms with E-state index in [1.807, 2.05) is 0 Å². The van der Waals surface area contributed by atoms with Gasteiger partial charge in [0.25, 0.3) is 0 Å². The molecule has 1 unspecified atom stereocenters. The smallest absolute Gasteiger partial charge is 0.0412 e. The van der Waals surface area contributed by atoms with E-state index in [1.165, 1.54) is 44.9 Å². The minimum Gasteiger partial charge on any atom is -0.0651 e. The highest BCUT2D eigenvalue weighted by atomic mass is 14.2. The summed E-state index contributed by atoms with van der Waals surface area (Å²) in [6.07, 6.45) is 10.4. The lowest BCUT2D eigenvalue weighted by atomic mass is 9.86. The van der Waals surface area contributed by atoms with Gasteiger partial charge in [0.2, 0.25) is 0 Å². The van der Waals surface area contributed by atoms with Crippen LogP contribution in [0.15, 0.2) is 0 Å². The number of hydrogen-bond donors (Lipinski definition) is 0. The maximum Gasteiger partial charge on any atom is -0.0412 e. The first-order chi connectivity index (χ1) is 6.22. The molecule has 78 valence electrons. The summed E-state index contributed by atoms with van der Waals surface area (Å²) in [4.78, 5) is 0. The molecule has 1 fully saturated rings. The van der Waals surface area contributed by atoms with Crippen molar-refractivity contribution >= 4 is 0 Å². The molecule has 13 heavy (non-hydrogen) atoms. The molecule has 0 heterocycles. The lowest BCUT2D eigenvalue weighted by Gasteiger charge is -2.20. The number of rotatable bonds is 5. The molecule has 1 rings (SSSR count). The first kappa shape index (κ1) is 11.1. The van der Waals surface area contributed by atoms with Gasteiger partial charge in [-0.15, -0.1) is 0 Å². The Balaban J connectivity index is 2.21. The summed E-state index contributed by atoms with van der Waals surface area (Å²) < 4.78 is 0. The van der Waals surface area contributed by atoms with Crippen LogP contribution in [-0.4, -0.2) is 0 Å². The van der Waals surface area contributed by atoms with Gasteiger partial charge in [0.1, 0.15) is 0 Å². The molecule has 0 N–H and O–H groups in total. The average Bonchev–Trinajstić information content (AvgIpc) is 2.55. The molecule has 0 heteroatoms. The Labute approximate surface area is 84.1 Å². The SMILES string of the molecule is CCC(CC(C)C)CC1CCCC1. The zero-order valence-electron chi connectivity index (χ0n) is 9.68. The molecule has 1 aliphatic carbocycles. The van der Waals surface area contributed by atoms with Gasteiger partial charge in [-0.3, -0.25) is 0 Å². The highest BCUT2D eigenvalue weighted by Crippen LogP contribution is 2.33. The van der Waals surface area contributed by atoms with Gasteiger partial charge in [-0.05, 0) is 30.6 Å². The molecule has 0 saturated heterocycles. The lowest BCUT2D eigenvalue weighted by Crippen LogP contribution is -2.08. The maximum absolute atomic E-state index is 2.36. The van der Waals surface area contributed by atoms with Crippen molar-refractivity contribution in [2.24, 2.45) is 17.8 Å². The monoisotopic (exact) mass is 182 g/mol. The second-order valence-corrected chi connectivity index (χ2v) is 5.29. The average molecular weight is 182 g/mol. The molecule has 0 radical (unpaired) electrons. The van der Waals surface area contributed by atoms with Gasteiger partial charge in [0, 0.05) is 0 Å². The van der Waals surface area contributed by atoms with Crippen LogP contribution in [0.1, 0.15) is 65.7 Å². The Morgan fingerprint density at radius 2 is 1.77 bits per heavy atom. The zero-order valence-corrected chi connectivity index (χ0v) is 9.68. The zero-order chi connectivity index (χ0) is 9.68. The third-order valence-electron chi connectivity index (χ3n) is 3.52. The fraction of sp³-hybridized carbons (Fsp3) is 1.00. The summed E-state index contributed by atoms with van der Waals surface area (Å²) in [6.45, 7) is 7.08. The standard InChI is InChI=1S/C13H26/c1-4-12(9-11(2)3)10-13-7-5-6-8-13/h11-13H,4-10H2,1-3H3. The third-order valence-corrected chi connectivity index (χ3v) is 3.52. The summed E-state index contributed by atoms with van der Waals surface area (Å²) in [6, 6.07) is 0. The van der Waals surface area contributed by atoms with Crippen molar-refractivity contribution in [3.8, 4) is 0 Å². The summed E-state index contributed by atoms with van der Waals surface area (Å²) in [5.74, 6) is 3.00. The number of hydrogen-bond acceptors (Lipinski definition) is 0. The van der Waals surface area contributed by atoms with Crippen LogP contribution < -0.4 is 0 Å². The molecule has 0 aromatic heterocycles. The molecule has 0 aromatic carbocycles. The van der Waals surface area contributed by atoms with Gasteiger partial charge < -0.3 is 0 Å². The van der Waals surface area contributed by atoms with E-state index in [2.05, 4.69) is 20.8 Å². The van der Waals surface area contributed by atoms with E-state index in [4.69, 9.17) is 0 Å². The third kappa shape index (κ3) is 4.15. The summed E-state index contributed by atoms with van der Waals surface area (Å²) in [5.41, 5.74) is 0. The normalized spacial score (nSPS) is 21.2. The molecular formula is C13H26. The van der Waals surface area contributed by atoms with E-state index < -0.39 is 0 Å². The summed E-state index contributed by atoms with van der Waals surface area (Å²) in [5, 5.41) is 0. The predicted octanol–water partition coefficient (Wildman–Crippen LogP) is 4.64. The van der Waals surface area contributed by atoms with Crippen molar-refractivity contribution < 1.29 is 0 Å². The molecular weight excluding hydrogens is 156 g/mol. The van der Waals surface area contributed by atoms with Crippen molar-refractivity contribution in [2.45, 2.75) is 65.7 Å². The van der Waals surface area contributed by atoms with E-state index in [-0.39, 0.29) is 0 Å². The largest absolute Gasteiger partial charge is 0.0651 e. The first-order valence-electron chi connectivity index (χ1n) is 6.22. The van der Waals surface area contributed by atoms with Crippen LogP contribution in [0.5, 0.6) is 0 Å². The minimum atomic E-state index is 0.895. The summed E-state index contributed by atoms with van der Waals surface area (Å²) in [7, 11) is 0. The van der Waals surface area contributed by atoms with Crippen molar-refractivity contribution in [1.82, 2.24) is 0 Å². The van der Waals surface area contributed by atoms with E-state index in [9.17, 15) is 0 Å². The molecule has 0 aliphatic heterocycles. The molecule has 1 atom stereocenters. The fourth-order valence-corrected chi connectivity index (χ4v) is 2.81. The van der Waals surface area contributed by atoms with E-state index in [1.54, 1.807) is 0 Å². The topological polar surface area (TPSA) is 0 Å². The maximum atomic E-state index is 2.36. The van der Waals surface area contributed by atoms with Crippen LogP contribution in [0.2, 0.25) is 0 Å². The molecule has 1 aliphatic rings. The predicted molar refractivity (Wildman–Crippen MR) is 59.8 cm³/mol. The lowest BCUT2D eigenvalue weighted by molar-refractivity contribution is 0.315. The van der Waals surface area contributed by atoms with Crippen molar-refractivity contribution in [3.05, 3.63) is 0 Å². The van der Waals surface area contributed by atoms with Gasteiger partial charge >= 0.3 is 0 Å². The van der Waals surface area contributed by atoms with Crippen LogP contribution >= 0.6 is 0 Å². The highest BCUT2D eigenvalue weighted by Gasteiger charge is 2.19. The summed E-state index contributed by atoms with van der Waals surface area (Å²) >= 11 is 0. The van der Waals surface area contributed by atoms with E-state index in [0.29, 0.717) is 0 Å². The molecule has 0 spiro atoms. The Morgan fingerprint density at radius 3 is 2.23 bits per heavy atom. The van der Waals surface area contributed by atoms with Crippen molar-refractivity contribution in [2.75, 3.05) is 0 Å². The van der Waals surface area contributed by atoms with Crippen LogP contribution in [0.3, 0.4) is 0 Å². The molecule has 0 bridgehead atoms. The molecule has 0 aromatic rings. The second kappa shape index (κ2) is 5.67. The van der Waals surface area contributed by atoms with Crippen LogP contribution in [-0.2, 0) is 0 Å². The highest BCUT2D eigenvalue weighted by molar-refractivity contribution is 4.71. The van der Waals surface area contributed by atoms with Gasteiger partial charge in [-0.2, -0.15) is 0 Å². The first-order valence-corrected chi connectivity index (χ1v) is 6.22. The van der Waals surface area contributed by atoms with Gasteiger partial charge in [0.15, 0.2) is 0 Å². The van der Waals surface area contributed by atoms with E-state index >= 15 is 0 Å². The van der Waals surface area contributed by atoms with Gasteiger partial charge in [-0.1, -0.05) is 52.9 Å². The molecule has 0 nitrogen and oxygen atoms in total. The molecule has 0 amide bonds. The van der Waals surface area contributed by atoms with Crippen LogP contribution in [0.4, 0.5) is 0 Å². The quantitative estimate of drug-likeness (QED) is 0.581. The Hall–Kier alpha value is 0. The van der Waals surface area contributed by atoms with Crippen LogP contribution in [0, 0.1) is 17.8 Å². The Kier molecular flexibility index (Phi) is 4.83. The van der Waals surface area contributed by atoms with Gasteiger partial charge in [-0.25, -0.2) is 0 Å². The Morgan fingerprint density at radius 1 is 1.15 bits per heavy atom. The fourth-order valence-electron chi connectivity index (χ4n) is 2.81. The Bertz CT molecular complexity index is 120. The van der Waals surface area contributed by atoms with Crippen molar-refractivity contribution in [1.29, 1.82) is 0 Å². The minimum absolute atomic E-state index is 0.895. The molecule has 1 saturated carbocycles. The van der Waals surface area contributed by atoms with Gasteiger partial charge in [0.05, 0.1) is 0 Å². The van der Waals surface area contributed by atoms with Crippen molar-refractivity contribution in [3.63, 3.8) is 0 Å². The van der Waals surface area contributed by atoms with E-state index in [0.717, 1.165) is 17.8 Å².